The van der Waals surface area contributed by atoms with Gasteiger partial charge in [0.05, 0.1) is 26.9 Å². The van der Waals surface area contributed by atoms with Crippen molar-refractivity contribution in [3.8, 4) is 5.75 Å². The van der Waals surface area contributed by atoms with E-state index in [9.17, 15) is 0 Å². The summed E-state index contributed by atoms with van der Waals surface area (Å²) in [4.78, 5) is 3.27. The van der Waals surface area contributed by atoms with Crippen LogP contribution in [-0.2, 0) is 11.3 Å². The normalized spacial score (nSPS) is 22.2. The number of piperazine rings is 1. The number of rotatable bonds is 8. The highest BCUT2D eigenvalue weighted by Gasteiger charge is 2.22. The van der Waals surface area contributed by atoms with Crippen molar-refractivity contribution in [1.82, 2.24) is 0 Å². The van der Waals surface area contributed by atoms with Gasteiger partial charge in [0.1, 0.15) is 45.0 Å². The van der Waals surface area contributed by atoms with E-state index in [0.29, 0.717) is 6.61 Å². The Morgan fingerprint density at radius 2 is 1.67 bits per heavy atom. The van der Waals surface area contributed by atoms with E-state index >= 15 is 0 Å². The summed E-state index contributed by atoms with van der Waals surface area (Å²) in [7, 11) is 1.70. The number of aliphatic hydroxyl groups is 1. The Bertz CT molecular complexity index is 389. The summed E-state index contributed by atoms with van der Waals surface area (Å²) in [5, 5.41) is 8.67. The minimum Gasteiger partial charge on any atom is -0.497 e. The molecule has 5 heteroatoms. The number of quaternary nitrogens is 2. The highest BCUT2D eigenvalue weighted by molar-refractivity contribution is 5.26. The van der Waals surface area contributed by atoms with Crippen LogP contribution in [0.15, 0.2) is 24.3 Å². The maximum atomic E-state index is 8.67. The van der Waals surface area contributed by atoms with E-state index < -0.39 is 0 Å². The lowest BCUT2D eigenvalue weighted by Gasteiger charge is -2.29. The molecule has 1 saturated heterocycles. The Balaban J connectivity index is 1.66. The molecule has 0 bridgehead atoms. The lowest BCUT2D eigenvalue weighted by Crippen LogP contribution is -3.27. The molecular weight excluding hydrogens is 268 g/mol. The van der Waals surface area contributed by atoms with E-state index in [4.69, 9.17) is 14.6 Å². The van der Waals surface area contributed by atoms with E-state index in [0.717, 1.165) is 25.4 Å². The third-order valence-corrected chi connectivity index (χ3v) is 4.11. The summed E-state index contributed by atoms with van der Waals surface area (Å²) in [5.41, 5.74) is 1.38. The first-order valence-corrected chi connectivity index (χ1v) is 7.80. The average Bonchev–Trinajstić information content (AvgIpc) is 2.54. The molecule has 0 radical (unpaired) electrons. The molecule has 0 spiro atoms. The van der Waals surface area contributed by atoms with Crippen LogP contribution in [0.2, 0.25) is 0 Å². The van der Waals surface area contributed by atoms with Crippen LogP contribution in [0, 0.1) is 0 Å². The molecule has 0 amide bonds. The summed E-state index contributed by atoms with van der Waals surface area (Å²) < 4.78 is 10.5. The third-order valence-electron chi connectivity index (χ3n) is 4.11. The molecule has 0 atom stereocenters. The monoisotopic (exact) mass is 296 g/mol. The molecule has 118 valence electrons. The van der Waals surface area contributed by atoms with Gasteiger partial charge >= 0.3 is 0 Å². The molecule has 1 fully saturated rings. The number of methoxy groups -OCH3 is 1. The van der Waals surface area contributed by atoms with Crippen LogP contribution < -0.4 is 14.5 Å². The minimum absolute atomic E-state index is 0.120. The van der Waals surface area contributed by atoms with Crippen molar-refractivity contribution in [2.45, 2.75) is 6.54 Å². The summed E-state index contributed by atoms with van der Waals surface area (Å²) in [6, 6.07) is 8.39. The topological polar surface area (TPSA) is 47.6 Å². The quantitative estimate of drug-likeness (QED) is 0.486. The van der Waals surface area contributed by atoms with Gasteiger partial charge in [-0.1, -0.05) is 0 Å². The van der Waals surface area contributed by atoms with Gasteiger partial charge in [-0.15, -0.1) is 0 Å². The van der Waals surface area contributed by atoms with Gasteiger partial charge in [-0.2, -0.15) is 0 Å². The van der Waals surface area contributed by atoms with E-state index in [1.165, 1.54) is 31.7 Å². The number of hydrogen-bond acceptors (Lipinski definition) is 3. The van der Waals surface area contributed by atoms with Crippen molar-refractivity contribution in [1.29, 1.82) is 0 Å². The molecule has 1 aromatic rings. The first-order chi connectivity index (χ1) is 10.3. The Hall–Kier alpha value is -1.14. The summed E-state index contributed by atoms with van der Waals surface area (Å²) in [6.07, 6.45) is 0. The number of aliphatic hydroxyl groups excluding tert-OH is 1. The zero-order valence-electron chi connectivity index (χ0n) is 12.9. The molecular formula is C16H28N2O3+2. The number of ether oxygens (including phenoxy) is 2. The molecule has 3 N–H and O–H groups in total. The van der Waals surface area contributed by atoms with Crippen LogP contribution in [0.3, 0.4) is 0 Å². The predicted molar refractivity (Wildman–Crippen MR) is 80.9 cm³/mol. The summed E-state index contributed by atoms with van der Waals surface area (Å²) in [5.74, 6) is 0.922. The van der Waals surface area contributed by atoms with Gasteiger partial charge in [0.25, 0.3) is 0 Å². The lowest BCUT2D eigenvalue weighted by atomic mass is 10.2. The molecule has 0 unspecified atom stereocenters. The van der Waals surface area contributed by atoms with Crippen molar-refractivity contribution >= 4 is 0 Å². The van der Waals surface area contributed by atoms with Gasteiger partial charge in [-0.25, -0.2) is 0 Å². The molecule has 1 aliphatic rings. The van der Waals surface area contributed by atoms with Crippen molar-refractivity contribution in [2.75, 3.05) is 59.7 Å². The van der Waals surface area contributed by atoms with Crippen LogP contribution >= 0.6 is 0 Å². The van der Waals surface area contributed by atoms with E-state index in [2.05, 4.69) is 12.1 Å². The average molecular weight is 296 g/mol. The molecule has 0 aliphatic carbocycles. The van der Waals surface area contributed by atoms with Crippen LogP contribution in [0.5, 0.6) is 5.75 Å². The van der Waals surface area contributed by atoms with Crippen molar-refractivity contribution in [3.63, 3.8) is 0 Å². The first-order valence-electron chi connectivity index (χ1n) is 7.80. The second-order valence-corrected chi connectivity index (χ2v) is 5.61. The molecule has 1 aliphatic heterocycles. The fourth-order valence-electron chi connectivity index (χ4n) is 2.80. The van der Waals surface area contributed by atoms with Gasteiger partial charge in [0.15, 0.2) is 0 Å². The first kappa shape index (κ1) is 16.2. The SMILES string of the molecule is COc1ccc(C[NH+]2CC[NH+](CCOCCO)CC2)cc1. The molecule has 21 heavy (non-hydrogen) atoms. The van der Waals surface area contributed by atoms with Gasteiger partial charge in [-0.3, -0.25) is 0 Å². The highest BCUT2D eigenvalue weighted by atomic mass is 16.5. The maximum absolute atomic E-state index is 8.67. The zero-order valence-corrected chi connectivity index (χ0v) is 12.9. The van der Waals surface area contributed by atoms with Gasteiger partial charge in [-0.05, 0) is 24.3 Å². The van der Waals surface area contributed by atoms with Crippen LogP contribution in [0.4, 0.5) is 0 Å². The van der Waals surface area contributed by atoms with E-state index in [1.807, 2.05) is 12.1 Å². The van der Waals surface area contributed by atoms with Crippen molar-refractivity contribution in [3.05, 3.63) is 29.8 Å². The van der Waals surface area contributed by atoms with E-state index in [-0.39, 0.29) is 6.61 Å². The Kier molecular flexibility index (Phi) is 6.95. The highest BCUT2D eigenvalue weighted by Crippen LogP contribution is 2.10. The fourth-order valence-corrected chi connectivity index (χ4v) is 2.80. The number of hydrogen-bond donors (Lipinski definition) is 3. The van der Waals surface area contributed by atoms with Gasteiger partial charge in [0.2, 0.25) is 0 Å². The zero-order chi connectivity index (χ0) is 14.9. The molecule has 1 aromatic carbocycles. The Labute approximate surface area is 127 Å². The Morgan fingerprint density at radius 1 is 1.00 bits per heavy atom. The molecule has 1 heterocycles. The van der Waals surface area contributed by atoms with Crippen molar-refractivity contribution in [2.24, 2.45) is 0 Å². The minimum atomic E-state index is 0.120. The van der Waals surface area contributed by atoms with Crippen molar-refractivity contribution < 1.29 is 24.4 Å². The smallest absolute Gasteiger partial charge is 0.127 e. The summed E-state index contributed by atoms with van der Waals surface area (Å²) in [6.45, 7) is 8.31. The maximum Gasteiger partial charge on any atom is 0.127 e. The standard InChI is InChI=1S/C16H26N2O3/c1-20-16-4-2-15(3-5-16)14-18-8-6-17(7-9-18)10-12-21-13-11-19/h2-5,19H,6-14H2,1H3/p+2. The fraction of sp³-hybridized carbons (Fsp3) is 0.625. The molecule has 0 saturated carbocycles. The summed E-state index contributed by atoms with van der Waals surface area (Å²) >= 11 is 0. The van der Waals surface area contributed by atoms with Crippen LogP contribution in [0.25, 0.3) is 0 Å². The van der Waals surface area contributed by atoms with Gasteiger partial charge in [0, 0.05) is 5.56 Å². The molecule has 0 aromatic heterocycles. The second kappa shape index (κ2) is 9.00. The predicted octanol–water partition coefficient (Wildman–Crippen LogP) is -2.01. The second-order valence-electron chi connectivity index (χ2n) is 5.61. The number of nitrogens with one attached hydrogen (secondary N) is 2. The van der Waals surface area contributed by atoms with Crippen LogP contribution in [0.1, 0.15) is 5.56 Å². The Morgan fingerprint density at radius 3 is 2.29 bits per heavy atom. The largest absolute Gasteiger partial charge is 0.497 e. The van der Waals surface area contributed by atoms with Crippen LogP contribution in [-0.4, -0.2) is 64.8 Å². The van der Waals surface area contributed by atoms with E-state index in [1.54, 1.807) is 16.9 Å². The lowest BCUT2D eigenvalue weighted by molar-refractivity contribution is -1.02. The molecule has 5 nitrogen and oxygen atoms in total. The number of benzene rings is 1. The third kappa shape index (κ3) is 5.63. The molecule has 2 rings (SSSR count). The van der Waals surface area contributed by atoms with Gasteiger partial charge < -0.3 is 24.4 Å².